The number of carbonyl (C=O) groups is 1. The Morgan fingerprint density at radius 2 is 1.50 bits per heavy atom. The van der Waals surface area contributed by atoms with Gasteiger partial charge in [-0.2, -0.15) is 5.10 Å². The smallest absolute Gasteiger partial charge is 0.250 e. The Kier molecular flexibility index (Phi) is 8.83. The van der Waals surface area contributed by atoms with Gasteiger partial charge < -0.3 is 4.74 Å². The molecule has 0 spiro atoms. The van der Waals surface area contributed by atoms with E-state index in [1.54, 1.807) is 13.3 Å². The molecule has 0 aliphatic heterocycles. The van der Waals surface area contributed by atoms with Crippen molar-refractivity contribution >= 4 is 23.9 Å². The van der Waals surface area contributed by atoms with Crippen molar-refractivity contribution in [2.75, 3.05) is 12.9 Å². The number of ether oxygens (including phenoxy) is 1. The molecule has 212 valence electrons. The summed E-state index contributed by atoms with van der Waals surface area (Å²) in [6, 6.07) is 34.2. The van der Waals surface area contributed by atoms with Crippen LogP contribution in [0.1, 0.15) is 31.9 Å². The van der Waals surface area contributed by atoms with E-state index >= 15 is 0 Å². The lowest BCUT2D eigenvalue weighted by Crippen LogP contribution is -2.20. The van der Waals surface area contributed by atoms with E-state index in [1.807, 2.05) is 71.3 Å². The Morgan fingerprint density at radius 1 is 0.857 bits per heavy atom. The van der Waals surface area contributed by atoms with Crippen LogP contribution in [0.5, 0.6) is 5.75 Å². The van der Waals surface area contributed by atoms with Crippen LogP contribution in [-0.2, 0) is 10.2 Å². The molecule has 0 saturated heterocycles. The molecular formula is C34H33N5O2S. The molecule has 5 aromatic rings. The molecule has 0 saturated carbocycles. The second-order valence-corrected chi connectivity index (χ2v) is 11.7. The van der Waals surface area contributed by atoms with Gasteiger partial charge >= 0.3 is 0 Å². The zero-order chi connectivity index (χ0) is 29.5. The van der Waals surface area contributed by atoms with Crippen LogP contribution in [0.3, 0.4) is 0 Å². The van der Waals surface area contributed by atoms with E-state index in [-0.39, 0.29) is 17.1 Å². The number of nitrogens with zero attached hydrogens (tertiary/aromatic N) is 4. The lowest BCUT2D eigenvalue weighted by Gasteiger charge is -2.19. The molecule has 1 heterocycles. The molecule has 0 aliphatic rings. The molecule has 0 unspecified atom stereocenters. The maximum absolute atomic E-state index is 12.7. The minimum atomic E-state index is -0.238. The Hall–Kier alpha value is -4.69. The fraction of sp³-hybridized carbons (Fsp3) is 0.176. The molecule has 0 bridgehead atoms. The summed E-state index contributed by atoms with van der Waals surface area (Å²) in [7, 11) is 1.64. The highest BCUT2D eigenvalue weighted by Gasteiger charge is 2.19. The van der Waals surface area contributed by atoms with Crippen LogP contribution in [0.25, 0.3) is 28.2 Å². The number of thioether (sulfide) groups is 1. The quantitative estimate of drug-likeness (QED) is 0.115. The van der Waals surface area contributed by atoms with Crippen molar-refractivity contribution in [1.29, 1.82) is 0 Å². The molecule has 1 aromatic heterocycles. The van der Waals surface area contributed by atoms with Gasteiger partial charge in [-0.1, -0.05) is 111 Å². The van der Waals surface area contributed by atoms with E-state index in [0.29, 0.717) is 11.0 Å². The number of methoxy groups -OCH3 is 1. The average molecular weight is 576 g/mol. The first-order valence-electron chi connectivity index (χ1n) is 13.6. The minimum Gasteiger partial charge on any atom is -0.497 e. The second-order valence-electron chi connectivity index (χ2n) is 10.7. The van der Waals surface area contributed by atoms with Gasteiger partial charge in [-0.05, 0) is 51.9 Å². The maximum Gasteiger partial charge on any atom is 0.250 e. The number of aromatic nitrogens is 3. The van der Waals surface area contributed by atoms with Gasteiger partial charge in [-0.25, -0.2) is 5.43 Å². The van der Waals surface area contributed by atoms with Crippen LogP contribution in [-0.4, -0.2) is 39.7 Å². The lowest BCUT2D eigenvalue weighted by atomic mass is 9.87. The summed E-state index contributed by atoms with van der Waals surface area (Å²) in [5, 5.41) is 13.7. The van der Waals surface area contributed by atoms with Gasteiger partial charge in [0.25, 0.3) is 5.91 Å². The second kappa shape index (κ2) is 12.9. The predicted molar refractivity (Wildman–Crippen MR) is 170 cm³/mol. The van der Waals surface area contributed by atoms with Gasteiger partial charge in [-0.3, -0.25) is 9.36 Å². The molecule has 0 fully saturated rings. The van der Waals surface area contributed by atoms with Crippen LogP contribution in [0.15, 0.2) is 113 Å². The number of hydrogen-bond acceptors (Lipinski definition) is 6. The Morgan fingerprint density at radius 3 is 2.14 bits per heavy atom. The molecule has 5 rings (SSSR count). The molecule has 0 aliphatic carbocycles. The third kappa shape index (κ3) is 6.95. The number of nitrogens with one attached hydrogen (secondary N) is 1. The molecule has 8 heteroatoms. The minimum absolute atomic E-state index is 0.0463. The average Bonchev–Trinajstić information content (AvgIpc) is 3.44. The van der Waals surface area contributed by atoms with Crippen LogP contribution >= 0.6 is 11.8 Å². The van der Waals surface area contributed by atoms with E-state index in [4.69, 9.17) is 4.74 Å². The highest BCUT2D eigenvalue weighted by atomic mass is 32.2. The van der Waals surface area contributed by atoms with E-state index in [0.717, 1.165) is 33.7 Å². The van der Waals surface area contributed by atoms with E-state index in [9.17, 15) is 4.79 Å². The molecular weight excluding hydrogens is 542 g/mol. The fourth-order valence-electron chi connectivity index (χ4n) is 4.37. The summed E-state index contributed by atoms with van der Waals surface area (Å²) in [6.07, 6.45) is 1.64. The Bertz CT molecular complexity index is 1660. The molecule has 42 heavy (non-hydrogen) atoms. The van der Waals surface area contributed by atoms with Gasteiger partial charge in [0.2, 0.25) is 0 Å². The Balaban J connectivity index is 1.28. The third-order valence-electron chi connectivity index (χ3n) is 6.73. The van der Waals surface area contributed by atoms with Crippen molar-refractivity contribution in [1.82, 2.24) is 20.2 Å². The summed E-state index contributed by atoms with van der Waals surface area (Å²) in [6.45, 7) is 6.56. The molecule has 4 aromatic carbocycles. The van der Waals surface area contributed by atoms with Crippen LogP contribution in [0, 0.1) is 0 Å². The van der Waals surface area contributed by atoms with Gasteiger partial charge in [0.05, 0.1) is 19.1 Å². The molecule has 1 N–H and O–H groups in total. The number of amides is 1. The van der Waals surface area contributed by atoms with Crippen LogP contribution < -0.4 is 10.2 Å². The number of benzene rings is 4. The SMILES string of the molecule is COc1ccc(-n2c(SCC(=O)N/N=C\c3ccc(-c4ccccc4)cc3)nnc2-c2ccc(C(C)(C)C)cc2)cc1. The van der Waals surface area contributed by atoms with Gasteiger partial charge in [0.1, 0.15) is 5.75 Å². The summed E-state index contributed by atoms with van der Waals surface area (Å²) < 4.78 is 7.30. The topological polar surface area (TPSA) is 81.4 Å². The highest BCUT2D eigenvalue weighted by Crippen LogP contribution is 2.31. The summed E-state index contributed by atoms with van der Waals surface area (Å²) in [5.41, 5.74) is 8.87. The van der Waals surface area contributed by atoms with Crippen molar-refractivity contribution in [3.8, 4) is 34.0 Å². The van der Waals surface area contributed by atoms with Gasteiger partial charge in [-0.15, -0.1) is 10.2 Å². The third-order valence-corrected chi connectivity index (χ3v) is 7.66. The number of carbonyl (C=O) groups excluding carboxylic acids is 1. The van der Waals surface area contributed by atoms with Crippen molar-refractivity contribution < 1.29 is 9.53 Å². The van der Waals surface area contributed by atoms with Crippen molar-refractivity contribution in [2.24, 2.45) is 5.10 Å². The largest absolute Gasteiger partial charge is 0.497 e. The zero-order valence-electron chi connectivity index (χ0n) is 24.1. The van der Waals surface area contributed by atoms with Crippen molar-refractivity contribution in [3.63, 3.8) is 0 Å². The van der Waals surface area contributed by atoms with E-state index < -0.39 is 0 Å². The lowest BCUT2D eigenvalue weighted by molar-refractivity contribution is -0.118. The van der Waals surface area contributed by atoms with E-state index in [2.05, 4.69) is 77.9 Å². The van der Waals surface area contributed by atoms with Crippen molar-refractivity contribution in [3.05, 3.63) is 114 Å². The summed E-state index contributed by atoms with van der Waals surface area (Å²) >= 11 is 1.30. The molecule has 7 nitrogen and oxygen atoms in total. The fourth-order valence-corrected chi connectivity index (χ4v) is 5.11. The first-order valence-corrected chi connectivity index (χ1v) is 14.6. The normalized spacial score (nSPS) is 11.5. The molecule has 1 amide bonds. The molecule has 0 radical (unpaired) electrons. The first-order chi connectivity index (χ1) is 20.3. The highest BCUT2D eigenvalue weighted by molar-refractivity contribution is 7.99. The van der Waals surface area contributed by atoms with Crippen molar-refractivity contribution in [2.45, 2.75) is 31.3 Å². The summed E-state index contributed by atoms with van der Waals surface area (Å²) in [4.78, 5) is 12.7. The number of hydrazone groups is 1. The van der Waals surface area contributed by atoms with Gasteiger partial charge in [0.15, 0.2) is 11.0 Å². The summed E-state index contributed by atoms with van der Waals surface area (Å²) in [5.74, 6) is 1.34. The monoisotopic (exact) mass is 575 g/mol. The Labute approximate surface area is 250 Å². The van der Waals surface area contributed by atoms with Crippen LogP contribution in [0.4, 0.5) is 0 Å². The number of hydrogen-bond donors (Lipinski definition) is 1. The van der Waals surface area contributed by atoms with Crippen LogP contribution in [0.2, 0.25) is 0 Å². The van der Waals surface area contributed by atoms with Gasteiger partial charge in [0, 0.05) is 11.3 Å². The predicted octanol–water partition coefficient (Wildman–Crippen LogP) is 7.15. The standard InChI is InChI=1S/C34H33N5O2S/c1-34(2,3)28-16-14-27(15-17-28)32-37-38-33(39(32)29-18-20-30(41-4)21-19-29)42-23-31(40)36-35-22-24-10-12-26(13-11-24)25-8-6-5-7-9-25/h5-22H,23H2,1-4H3,(H,36,40)/b35-22-. The maximum atomic E-state index is 12.7. The van der Waals surface area contributed by atoms with E-state index in [1.165, 1.54) is 17.3 Å². The number of rotatable bonds is 9. The molecule has 0 atom stereocenters. The first kappa shape index (κ1) is 28.8. The zero-order valence-corrected chi connectivity index (χ0v) is 24.9.